The van der Waals surface area contributed by atoms with Gasteiger partial charge in [0.15, 0.2) is 4.90 Å². The molecule has 0 aliphatic rings. The second kappa shape index (κ2) is 6.40. The predicted molar refractivity (Wildman–Crippen MR) is 84.2 cm³/mol. The highest BCUT2D eigenvalue weighted by molar-refractivity contribution is 7.92. The van der Waals surface area contributed by atoms with Crippen molar-refractivity contribution >= 4 is 21.7 Å². The van der Waals surface area contributed by atoms with Gasteiger partial charge in [-0.05, 0) is 31.5 Å². The lowest BCUT2D eigenvalue weighted by atomic mass is 9.85. The maximum atomic E-state index is 13.7. The van der Waals surface area contributed by atoms with Crippen LogP contribution in [-0.4, -0.2) is 19.5 Å². The van der Waals surface area contributed by atoms with Crippen molar-refractivity contribution < 1.29 is 31.5 Å². The summed E-state index contributed by atoms with van der Waals surface area (Å²) in [6.07, 6.45) is 0. The van der Waals surface area contributed by atoms with Crippen molar-refractivity contribution in [2.24, 2.45) is 0 Å². The molecule has 134 valence electrons. The largest absolute Gasteiger partial charge is 0.481 e. The van der Waals surface area contributed by atoms with E-state index in [9.17, 15) is 26.4 Å². The smallest absolute Gasteiger partial charge is 0.313 e. The molecule has 2 aromatic rings. The number of rotatable bonds is 5. The van der Waals surface area contributed by atoms with Crippen molar-refractivity contribution in [1.29, 1.82) is 0 Å². The Morgan fingerprint density at radius 1 is 1.04 bits per heavy atom. The van der Waals surface area contributed by atoms with Gasteiger partial charge in [-0.25, -0.2) is 21.6 Å². The van der Waals surface area contributed by atoms with E-state index in [1.807, 2.05) is 4.72 Å². The van der Waals surface area contributed by atoms with E-state index in [0.29, 0.717) is 5.56 Å². The summed E-state index contributed by atoms with van der Waals surface area (Å²) in [4.78, 5) is 9.90. The third-order valence-corrected chi connectivity index (χ3v) is 5.06. The lowest BCUT2D eigenvalue weighted by Crippen LogP contribution is -2.28. The highest BCUT2D eigenvalue weighted by atomic mass is 32.2. The minimum Gasteiger partial charge on any atom is -0.481 e. The zero-order chi connectivity index (χ0) is 19.0. The third kappa shape index (κ3) is 3.76. The van der Waals surface area contributed by atoms with Crippen molar-refractivity contribution in [1.82, 2.24) is 0 Å². The first-order valence-corrected chi connectivity index (χ1v) is 8.45. The van der Waals surface area contributed by atoms with Gasteiger partial charge in [0.2, 0.25) is 0 Å². The molecular weight excluding hydrogens is 359 g/mol. The highest BCUT2D eigenvalue weighted by Gasteiger charge is 2.30. The van der Waals surface area contributed by atoms with Gasteiger partial charge in [-0.15, -0.1) is 0 Å². The number of benzene rings is 2. The van der Waals surface area contributed by atoms with Gasteiger partial charge in [-0.3, -0.25) is 9.52 Å². The first-order valence-electron chi connectivity index (χ1n) is 6.96. The van der Waals surface area contributed by atoms with Crippen molar-refractivity contribution in [3.05, 3.63) is 59.4 Å². The average molecular weight is 373 g/mol. The number of aliphatic carboxylic acids is 1. The summed E-state index contributed by atoms with van der Waals surface area (Å²) < 4.78 is 66.5. The van der Waals surface area contributed by atoms with Crippen LogP contribution >= 0.6 is 0 Å². The van der Waals surface area contributed by atoms with Crippen LogP contribution in [0.1, 0.15) is 19.4 Å². The van der Waals surface area contributed by atoms with Gasteiger partial charge >= 0.3 is 5.97 Å². The number of sulfonamides is 1. The quantitative estimate of drug-likeness (QED) is 0.843. The summed E-state index contributed by atoms with van der Waals surface area (Å²) in [5.41, 5.74) is -0.831. The Morgan fingerprint density at radius 3 is 1.96 bits per heavy atom. The summed E-state index contributed by atoms with van der Waals surface area (Å²) in [6, 6.07) is 5.80. The summed E-state index contributed by atoms with van der Waals surface area (Å²) in [5.74, 6) is -5.44. The number of carboxylic acids is 1. The third-order valence-electron chi connectivity index (χ3n) is 3.63. The van der Waals surface area contributed by atoms with Gasteiger partial charge in [0.1, 0.15) is 17.5 Å². The fourth-order valence-corrected chi connectivity index (χ4v) is 3.25. The Labute approximate surface area is 142 Å². The Balaban J connectivity index is 2.35. The van der Waals surface area contributed by atoms with Gasteiger partial charge in [-0.1, -0.05) is 12.1 Å². The highest BCUT2D eigenvalue weighted by Crippen LogP contribution is 2.27. The summed E-state index contributed by atoms with van der Waals surface area (Å²) in [7, 11) is -4.64. The molecular formula is C16H14F3NO4S. The zero-order valence-corrected chi connectivity index (χ0v) is 14.0. The molecule has 5 nitrogen and oxygen atoms in total. The van der Waals surface area contributed by atoms with Crippen LogP contribution in [0.4, 0.5) is 18.9 Å². The number of halogens is 3. The van der Waals surface area contributed by atoms with Crippen LogP contribution in [0.15, 0.2) is 41.3 Å². The number of hydrogen-bond acceptors (Lipinski definition) is 3. The molecule has 0 aliphatic heterocycles. The van der Waals surface area contributed by atoms with E-state index in [0.717, 1.165) is 0 Å². The number of carbonyl (C=O) groups is 1. The van der Waals surface area contributed by atoms with Crippen molar-refractivity contribution in [3.8, 4) is 0 Å². The molecule has 0 bridgehead atoms. The van der Waals surface area contributed by atoms with E-state index in [4.69, 9.17) is 5.11 Å². The van der Waals surface area contributed by atoms with E-state index in [-0.39, 0.29) is 17.8 Å². The number of anilines is 1. The summed E-state index contributed by atoms with van der Waals surface area (Å²) in [5, 5.41) is 9.16. The van der Waals surface area contributed by atoms with Gasteiger partial charge in [0.05, 0.1) is 5.41 Å². The van der Waals surface area contributed by atoms with E-state index in [2.05, 4.69) is 0 Å². The Hall–Kier alpha value is -2.55. The molecule has 0 saturated carbocycles. The predicted octanol–water partition coefficient (Wildman–Crippen LogP) is 3.27. The number of carboxylic acid groups (broad SMARTS) is 1. The number of hydrogen-bond donors (Lipinski definition) is 2. The molecule has 0 amide bonds. The van der Waals surface area contributed by atoms with Crippen LogP contribution in [0.3, 0.4) is 0 Å². The Morgan fingerprint density at radius 2 is 1.52 bits per heavy atom. The van der Waals surface area contributed by atoms with Gasteiger partial charge in [0.25, 0.3) is 10.0 Å². The van der Waals surface area contributed by atoms with Crippen LogP contribution < -0.4 is 4.72 Å². The van der Waals surface area contributed by atoms with E-state index in [1.165, 1.54) is 38.1 Å². The molecule has 0 fully saturated rings. The van der Waals surface area contributed by atoms with Crippen LogP contribution in [0, 0.1) is 17.5 Å². The Kier molecular flexibility index (Phi) is 4.81. The maximum absolute atomic E-state index is 13.7. The molecule has 2 rings (SSSR count). The fraction of sp³-hybridized carbons (Fsp3) is 0.188. The molecule has 9 heteroatoms. The molecule has 0 unspecified atom stereocenters. The molecule has 0 aliphatic carbocycles. The van der Waals surface area contributed by atoms with Crippen LogP contribution in [0.25, 0.3) is 0 Å². The molecule has 25 heavy (non-hydrogen) atoms. The second-order valence-electron chi connectivity index (χ2n) is 5.81. The maximum Gasteiger partial charge on any atom is 0.313 e. The molecule has 2 N–H and O–H groups in total. The van der Waals surface area contributed by atoms with E-state index < -0.39 is 43.8 Å². The van der Waals surface area contributed by atoms with E-state index >= 15 is 0 Å². The van der Waals surface area contributed by atoms with Crippen LogP contribution in [0.2, 0.25) is 0 Å². The SMILES string of the molecule is CC(C)(C(=O)O)c1ccc(NS(=O)(=O)c2c(F)cc(F)cc2F)cc1. The lowest BCUT2D eigenvalue weighted by molar-refractivity contribution is -0.142. The minimum absolute atomic E-state index is 0.0342. The molecule has 0 atom stereocenters. The van der Waals surface area contributed by atoms with Crippen LogP contribution in [0.5, 0.6) is 0 Å². The molecule has 0 heterocycles. The second-order valence-corrected chi connectivity index (χ2v) is 7.43. The van der Waals surface area contributed by atoms with Crippen molar-refractivity contribution in [3.63, 3.8) is 0 Å². The van der Waals surface area contributed by atoms with Gasteiger partial charge in [0, 0.05) is 17.8 Å². The topological polar surface area (TPSA) is 83.5 Å². The van der Waals surface area contributed by atoms with Crippen molar-refractivity contribution in [2.45, 2.75) is 24.2 Å². The summed E-state index contributed by atoms with van der Waals surface area (Å²) >= 11 is 0. The van der Waals surface area contributed by atoms with E-state index in [1.54, 1.807) is 0 Å². The van der Waals surface area contributed by atoms with Gasteiger partial charge < -0.3 is 5.11 Å². The molecule has 0 radical (unpaired) electrons. The first-order chi connectivity index (χ1) is 11.4. The standard InChI is InChI=1S/C16H14F3NO4S/c1-16(2,15(21)22)9-3-5-11(6-4-9)20-25(23,24)14-12(18)7-10(17)8-13(14)19/h3-8,20H,1-2H3,(H,21,22). The summed E-state index contributed by atoms with van der Waals surface area (Å²) in [6.45, 7) is 2.94. The number of nitrogens with one attached hydrogen (secondary N) is 1. The first kappa shape index (κ1) is 18.8. The molecule has 0 saturated heterocycles. The zero-order valence-electron chi connectivity index (χ0n) is 13.2. The average Bonchev–Trinajstić information content (AvgIpc) is 2.45. The molecule has 2 aromatic carbocycles. The molecule has 0 spiro atoms. The van der Waals surface area contributed by atoms with Crippen LogP contribution in [-0.2, 0) is 20.2 Å². The fourth-order valence-electron chi connectivity index (χ4n) is 2.07. The lowest BCUT2D eigenvalue weighted by Gasteiger charge is -2.20. The monoisotopic (exact) mass is 373 g/mol. The normalized spacial score (nSPS) is 12.0. The van der Waals surface area contributed by atoms with Gasteiger partial charge in [-0.2, -0.15) is 0 Å². The minimum atomic E-state index is -4.64. The van der Waals surface area contributed by atoms with Crippen molar-refractivity contribution in [2.75, 3.05) is 4.72 Å². The Bertz CT molecular complexity index is 902. The molecule has 0 aromatic heterocycles.